The van der Waals surface area contributed by atoms with Gasteiger partial charge in [-0.15, -0.1) is 11.8 Å². The monoisotopic (exact) mass is 212 g/mol. The van der Waals surface area contributed by atoms with Gasteiger partial charge < -0.3 is 4.90 Å². The summed E-state index contributed by atoms with van der Waals surface area (Å²) in [7, 11) is 0. The molecule has 0 radical (unpaired) electrons. The van der Waals surface area contributed by atoms with Gasteiger partial charge in [-0.3, -0.25) is 10.1 Å². The van der Waals surface area contributed by atoms with Crippen LogP contribution in [-0.4, -0.2) is 41.6 Å². The van der Waals surface area contributed by atoms with Gasteiger partial charge in [0.2, 0.25) is 5.91 Å². The molecule has 1 atom stereocenters. The van der Waals surface area contributed by atoms with Crippen molar-refractivity contribution in [2.24, 2.45) is 0 Å². The fourth-order valence-electron chi connectivity index (χ4n) is 1.82. The smallest absolute Gasteiger partial charge is 0.240 e. The number of hydrogen-bond acceptors (Lipinski definition) is 3. The lowest BCUT2D eigenvalue weighted by Crippen LogP contribution is -2.47. The van der Waals surface area contributed by atoms with Crippen molar-refractivity contribution in [3.8, 4) is 0 Å². The zero-order valence-electron chi connectivity index (χ0n) is 8.29. The Hall–Kier alpha value is -0.480. The predicted molar refractivity (Wildman–Crippen MR) is 59.2 cm³/mol. The van der Waals surface area contributed by atoms with Gasteiger partial charge in [-0.05, 0) is 12.8 Å². The SMILES string of the molecule is C=C1CCN(C(=O)C2CSCN2)CC1. The first kappa shape index (κ1) is 10.1. The number of nitrogens with zero attached hydrogens (tertiary/aromatic N) is 1. The molecular formula is C10H16N2OS. The maximum atomic E-state index is 11.9. The van der Waals surface area contributed by atoms with Crippen LogP contribution in [0.1, 0.15) is 12.8 Å². The summed E-state index contributed by atoms with van der Waals surface area (Å²) in [6.45, 7) is 5.67. The van der Waals surface area contributed by atoms with Crippen molar-refractivity contribution in [2.75, 3.05) is 24.7 Å². The van der Waals surface area contributed by atoms with Gasteiger partial charge in [-0.2, -0.15) is 0 Å². The summed E-state index contributed by atoms with van der Waals surface area (Å²) in [6, 6.07) is 0.0614. The number of carbonyl (C=O) groups excluding carboxylic acids is 1. The van der Waals surface area contributed by atoms with Crippen LogP contribution in [0, 0.1) is 0 Å². The summed E-state index contributed by atoms with van der Waals surface area (Å²) in [5.74, 6) is 2.12. The Bertz CT molecular complexity index is 239. The maximum Gasteiger partial charge on any atom is 0.240 e. The van der Waals surface area contributed by atoms with Crippen molar-refractivity contribution < 1.29 is 4.79 Å². The van der Waals surface area contributed by atoms with Crippen molar-refractivity contribution in [3.05, 3.63) is 12.2 Å². The molecule has 2 aliphatic heterocycles. The molecule has 4 heteroatoms. The average molecular weight is 212 g/mol. The van der Waals surface area contributed by atoms with Crippen LogP contribution >= 0.6 is 11.8 Å². The molecule has 0 saturated carbocycles. The highest BCUT2D eigenvalue weighted by Crippen LogP contribution is 2.17. The van der Waals surface area contributed by atoms with Crippen LogP contribution in [0.25, 0.3) is 0 Å². The molecule has 3 nitrogen and oxygen atoms in total. The minimum atomic E-state index is 0.0614. The highest BCUT2D eigenvalue weighted by molar-refractivity contribution is 7.99. The summed E-state index contributed by atoms with van der Waals surface area (Å²) in [5.41, 5.74) is 1.28. The molecule has 2 fully saturated rings. The highest BCUT2D eigenvalue weighted by atomic mass is 32.2. The van der Waals surface area contributed by atoms with E-state index in [1.54, 1.807) is 11.8 Å². The van der Waals surface area contributed by atoms with Gasteiger partial charge in [0, 0.05) is 24.7 Å². The highest BCUT2D eigenvalue weighted by Gasteiger charge is 2.28. The largest absolute Gasteiger partial charge is 0.341 e. The number of nitrogens with one attached hydrogen (secondary N) is 1. The second kappa shape index (κ2) is 4.36. The number of amides is 1. The minimum Gasteiger partial charge on any atom is -0.341 e. The van der Waals surface area contributed by atoms with Crippen molar-refractivity contribution >= 4 is 17.7 Å². The lowest BCUT2D eigenvalue weighted by molar-refractivity contribution is -0.133. The molecule has 2 saturated heterocycles. The number of piperidine rings is 1. The molecule has 14 heavy (non-hydrogen) atoms. The van der Waals surface area contributed by atoms with Crippen LogP contribution in [0.3, 0.4) is 0 Å². The summed E-state index contributed by atoms with van der Waals surface area (Å²) in [4.78, 5) is 13.9. The van der Waals surface area contributed by atoms with Crippen molar-refractivity contribution in [3.63, 3.8) is 0 Å². The molecule has 1 N–H and O–H groups in total. The molecule has 2 rings (SSSR count). The zero-order valence-corrected chi connectivity index (χ0v) is 9.11. The molecule has 0 aromatic carbocycles. The minimum absolute atomic E-state index is 0.0614. The first-order valence-corrected chi connectivity index (χ1v) is 6.19. The fraction of sp³-hybridized carbons (Fsp3) is 0.700. The molecule has 0 aromatic rings. The molecule has 78 valence electrons. The third-order valence-corrected chi connectivity index (χ3v) is 3.74. The Morgan fingerprint density at radius 1 is 1.50 bits per heavy atom. The van der Waals surface area contributed by atoms with E-state index in [4.69, 9.17) is 0 Å². The van der Waals surface area contributed by atoms with E-state index in [2.05, 4.69) is 11.9 Å². The van der Waals surface area contributed by atoms with Crippen molar-refractivity contribution in [1.29, 1.82) is 0 Å². The van der Waals surface area contributed by atoms with E-state index in [-0.39, 0.29) is 11.9 Å². The average Bonchev–Trinajstić information content (AvgIpc) is 2.71. The molecule has 0 aliphatic carbocycles. The molecular weight excluding hydrogens is 196 g/mol. The van der Waals surface area contributed by atoms with Crippen LogP contribution in [0.15, 0.2) is 12.2 Å². The standard InChI is InChI=1S/C10H16N2OS/c1-8-2-4-12(5-3-8)10(13)9-6-14-7-11-9/h9,11H,1-7H2. The molecule has 2 heterocycles. The van der Waals surface area contributed by atoms with Gasteiger partial charge in [0.15, 0.2) is 0 Å². The summed E-state index contributed by atoms with van der Waals surface area (Å²) in [6.07, 6.45) is 1.96. The van der Waals surface area contributed by atoms with Crippen molar-refractivity contribution in [1.82, 2.24) is 10.2 Å². The van der Waals surface area contributed by atoms with Crippen LogP contribution in [0.2, 0.25) is 0 Å². The quantitative estimate of drug-likeness (QED) is 0.653. The van der Waals surface area contributed by atoms with Gasteiger partial charge in [0.1, 0.15) is 0 Å². The van der Waals surface area contributed by atoms with Gasteiger partial charge >= 0.3 is 0 Å². The zero-order chi connectivity index (χ0) is 9.97. The molecule has 1 unspecified atom stereocenters. The van der Waals surface area contributed by atoms with E-state index in [0.717, 1.165) is 37.6 Å². The summed E-state index contributed by atoms with van der Waals surface area (Å²) in [5, 5.41) is 3.21. The lowest BCUT2D eigenvalue weighted by Gasteiger charge is -2.30. The predicted octanol–water partition coefficient (Wildman–Crippen LogP) is 0.827. The Balaban J connectivity index is 1.88. The first-order valence-electron chi connectivity index (χ1n) is 5.04. The third kappa shape index (κ3) is 2.12. The molecule has 2 aliphatic rings. The number of carbonyl (C=O) groups is 1. The topological polar surface area (TPSA) is 32.3 Å². The Morgan fingerprint density at radius 3 is 2.79 bits per heavy atom. The number of thioether (sulfide) groups is 1. The fourth-order valence-corrected chi connectivity index (χ4v) is 2.75. The van der Waals surface area contributed by atoms with E-state index >= 15 is 0 Å². The first-order chi connectivity index (χ1) is 6.77. The normalized spacial score (nSPS) is 28.1. The Morgan fingerprint density at radius 2 is 2.21 bits per heavy atom. The second-order valence-electron chi connectivity index (χ2n) is 3.85. The Kier molecular flexibility index (Phi) is 3.13. The van der Waals surface area contributed by atoms with Crippen molar-refractivity contribution in [2.45, 2.75) is 18.9 Å². The summed E-state index contributed by atoms with van der Waals surface area (Å²) >= 11 is 1.80. The van der Waals surface area contributed by atoms with Gasteiger partial charge in [-0.25, -0.2) is 0 Å². The van der Waals surface area contributed by atoms with Gasteiger partial charge in [-0.1, -0.05) is 12.2 Å². The van der Waals surface area contributed by atoms with Crippen LogP contribution in [0.5, 0.6) is 0 Å². The maximum absolute atomic E-state index is 11.9. The third-order valence-electron chi connectivity index (χ3n) is 2.80. The molecule has 0 spiro atoms. The van der Waals surface area contributed by atoms with Gasteiger partial charge in [0.05, 0.1) is 6.04 Å². The van der Waals surface area contributed by atoms with Gasteiger partial charge in [0.25, 0.3) is 0 Å². The number of hydrogen-bond donors (Lipinski definition) is 1. The van der Waals surface area contributed by atoms with Crippen LogP contribution in [0.4, 0.5) is 0 Å². The second-order valence-corrected chi connectivity index (χ2v) is 4.88. The molecule has 1 amide bonds. The number of rotatable bonds is 1. The molecule has 0 bridgehead atoms. The van der Waals surface area contributed by atoms with Crippen LogP contribution < -0.4 is 5.32 Å². The van der Waals surface area contributed by atoms with E-state index in [1.807, 2.05) is 4.90 Å². The van der Waals surface area contributed by atoms with E-state index in [1.165, 1.54) is 5.57 Å². The molecule has 0 aromatic heterocycles. The Labute approximate surface area is 88.9 Å². The summed E-state index contributed by atoms with van der Waals surface area (Å²) < 4.78 is 0. The van der Waals surface area contributed by atoms with E-state index < -0.39 is 0 Å². The van der Waals surface area contributed by atoms with E-state index in [9.17, 15) is 4.79 Å². The number of likely N-dealkylation sites (tertiary alicyclic amines) is 1. The van der Waals surface area contributed by atoms with E-state index in [0.29, 0.717) is 0 Å². The van der Waals surface area contributed by atoms with Crippen LogP contribution in [-0.2, 0) is 4.79 Å². The lowest BCUT2D eigenvalue weighted by atomic mass is 10.1.